The molecule has 8 heteroatoms. The van der Waals surface area contributed by atoms with Crippen LogP contribution in [0.2, 0.25) is 0 Å². The molecule has 0 heterocycles. The van der Waals surface area contributed by atoms with Crippen LogP contribution in [0.1, 0.15) is 25.3 Å². The van der Waals surface area contributed by atoms with E-state index in [1.165, 1.54) is 7.11 Å². The number of alkyl halides is 2. The summed E-state index contributed by atoms with van der Waals surface area (Å²) in [6.45, 7) is 1.34. The molecule has 0 unspecified atom stereocenters. The number of ether oxygens (including phenoxy) is 2. The molecule has 0 amide bonds. The fourth-order valence-electron chi connectivity index (χ4n) is 2.28. The highest BCUT2D eigenvalue weighted by Gasteiger charge is 2.11. The van der Waals surface area contributed by atoms with Gasteiger partial charge < -0.3 is 20.1 Å². The highest BCUT2D eigenvalue weighted by atomic mass is 32.2. The molecule has 0 radical (unpaired) electrons. The van der Waals surface area contributed by atoms with Crippen molar-refractivity contribution in [3.63, 3.8) is 0 Å². The van der Waals surface area contributed by atoms with Gasteiger partial charge in [0.1, 0.15) is 0 Å². The van der Waals surface area contributed by atoms with Crippen molar-refractivity contribution >= 4 is 17.7 Å². The Balaban J connectivity index is 2.53. The van der Waals surface area contributed by atoms with Gasteiger partial charge in [0.25, 0.3) is 0 Å². The summed E-state index contributed by atoms with van der Waals surface area (Å²) in [6.07, 6.45) is 4.97. The average molecular weight is 390 g/mol. The summed E-state index contributed by atoms with van der Waals surface area (Å²) in [5.74, 6) is 2.27. The number of hydrogen-bond donors (Lipinski definition) is 2. The normalized spacial score (nSPS) is 11.5. The van der Waals surface area contributed by atoms with Gasteiger partial charge >= 0.3 is 6.61 Å². The first-order valence-corrected chi connectivity index (χ1v) is 10.1. The van der Waals surface area contributed by atoms with E-state index < -0.39 is 6.61 Å². The van der Waals surface area contributed by atoms with Crippen LogP contribution >= 0.6 is 11.8 Å². The molecule has 0 saturated heterocycles. The van der Waals surface area contributed by atoms with E-state index in [-0.39, 0.29) is 5.75 Å². The van der Waals surface area contributed by atoms with Gasteiger partial charge in [0.2, 0.25) is 0 Å². The zero-order chi connectivity index (χ0) is 19.2. The monoisotopic (exact) mass is 389 g/mol. The second kappa shape index (κ2) is 13.5. The number of aliphatic imine (C=N–C) groups is 1. The smallest absolute Gasteiger partial charge is 0.387 e. The van der Waals surface area contributed by atoms with Crippen molar-refractivity contribution in [3.8, 4) is 11.5 Å². The number of benzene rings is 1. The molecule has 0 aliphatic carbocycles. The molecule has 0 fully saturated rings. The zero-order valence-electron chi connectivity index (χ0n) is 15.7. The predicted molar refractivity (Wildman–Crippen MR) is 105 cm³/mol. The van der Waals surface area contributed by atoms with Gasteiger partial charge in [-0.25, -0.2) is 0 Å². The first-order valence-electron chi connectivity index (χ1n) is 8.73. The fourth-order valence-corrected chi connectivity index (χ4v) is 2.77. The summed E-state index contributed by atoms with van der Waals surface area (Å²) in [5.41, 5.74) is 0.879. The van der Waals surface area contributed by atoms with Crippen molar-refractivity contribution in [2.45, 2.75) is 32.8 Å². The Morgan fingerprint density at radius 2 is 2.04 bits per heavy atom. The van der Waals surface area contributed by atoms with Crippen molar-refractivity contribution in [2.75, 3.05) is 38.8 Å². The number of thioether (sulfide) groups is 1. The summed E-state index contributed by atoms with van der Waals surface area (Å²) in [4.78, 5) is 4.54. The fraction of sp³-hybridized carbons (Fsp3) is 0.611. The third-order valence-corrected chi connectivity index (χ3v) is 4.22. The summed E-state index contributed by atoms with van der Waals surface area (Å²) < 4.78 is 34.5. The summed E-state index contributed by atoms with van der Waals surface area (Å²) in [6, 6.07) is 5.06. The molecule has 0 saturated carbocycles. The molecule has 148 valence electrons. The number of methoxy groups -OCH3 is 1. The molecule has 0 spiro atoms. The van der Waals surface area contributed by atoms with E-state index in [0.717, 1.165) is 43.2 Å². The van der Waals surface area contributed by atoms with Crippen molar-refractivity contribution < 1.29 is 18.3 Å². The van der Waals surface area contributed by atoms with Crippen molar-refractivity contribution in [1.82, 2.24) is 10.6 Å². The number of hydrogen-bond acceptors (Lipinski definition) is 4. The Kier molecular flexibility index (Phi) is 11.6. The van der Waals surface area contributed by atoms with E-state index in [2.05, 4.69) is 26.6 Å². The number of halogens is 2. The molecular weight excluding hydrogens is 360 g/mol. The zero-order valence-corrected chi connectivity index (χ0v) is 16.5. The quantitative estimate of drug-likeness (QED) is 0.325. The van der Waals surface area contributed by atoms with Crippen LogP contribution in [0.5, 0.6) is 11.5 Å². The molecular formula is C18H29F2N3O2S. The van der Waals surface area contributed by atoms with Gasteiger partial charge in [-0.15, -0.1) is 0 Å². The maximum atomic E-state index is 12.5. The van der Waals surface area contributed by atoms with Crippen LogP contribution in [-0.4, -0.2) is 51.3 Å². The van der Waals surface area contributed by atoms with Crippen LogP contribution in [0.15, 0.2) is 23.2 Å². The summed E-state index contributed by atoms with van der Waals surface area (Å²) in [5, 5.41) is 6.47. The van der Waals surface area contributed by atoms with E-state index in [1.807, 2.05) is 24.8 Å². The number of guanidine groups is 1. The van der Waals surface area contributed by atoms with Crippen LogP contribution in [0.3, 0.4) is 0 Å². The number of nitrogens with zero attached hydrogens (tertiary/aromatic N) is 1. The first kappa shape index (κ1) is 22.3. The number of unbranched alkanes of at least 4 members (excludes halogenated alkanes) is 1. The molecule has 0 aliphatic heterocycles. The standard InChI is InChI=1S/C18H29F2N3O2S/c1-4-21-18(22-10-5-6-12-26-3)23-11-9-14-7-8-15(24-2)16(13-14)25-17(19)20/h7-8,13,17H,4-6,9-12H2,1-3H3,(H2,21,22,23). The van der Waals surface area contributed by atoms with Crippen molar-refractivity contribution in [2.24, 2.45) is 4.99 Å². The third-order valence-electron chi connectivity index (χ3n) is 3.52. The molecule has 0 bridgehead atoms. The minimum Gasteiger partial charge on any atom is -0.493 e. The van der Waals surface area contributed by atoms with Gasteiger partial charge in [-0.1, -0.05) is 6.07 Å². The van der Waals surface area contributed by atoms with Crippen LogP contribution in [0.25, 0.3) is 0 Å². The van der Waals surface area contributed by atoms with Gasteiger partial charge in [-0.05, 0) is 55.9 Å². The lowest BCUT2D eigenvalue weighted by molar-refractivity contribution is -0.0512. The van der Waals surface area contributed by atoms with Crippen molar-refractivity contribution in [1.29, 1.82) is 0 Å². The molecule has 26 heavy (non-hydrogen) atoms. The molecule has 1 aromatic rings. The maximum Gasteiger partial charge on any atom is 0.387 e. The molecule has 1 rings (SSSR count). The van der Waals surface area contributed by atoms with Crippen LogP contribution in [0.4, 0.5) is 8.78 Å². The van der Waals surface area contributed by atoms with E-state index in [9.17, 15) is 8.78 Å². The van der Waals surface area contributed by atoms with E-state index in [1.54, 1.807) is 12.1 Å². The van der Waals surface area contributed by atoms with Gasteiger partial charge in [0.15, 0.2) is 17.5 Å². The number of rotatable bonds is 12. The van der Waals surface area contributed by atoms with Crippen molar-refractivity contribution in [3.05, 3.63) is 23.8 Å². The van der Waals surface area contributed by atoms with E-state index in [4.69, 9.17) is 4.74 Å². The Morgan fingerprint density at radius 1 is 1.23 bits per heavy atom. The molecule has 5 nitrogen and oxygen atoms in total. The van der Waals surface area contributed by atoms with E-state index in [0.29, 0.717) is 18.7 Å². The average Bonchev–Trinajstić information content (AvgIpc) is 2.61. The summed E-state index contributed by atoms with van der Waals surface area (Å²) in [7, 11) is 1.42. The number of nitrogens with one attached hydrogen (secondary N) is 2. The Bertz CT molecular complexity index is 545. The van der Waals surface area contributed by atoms with Gasteiger partial charge in [-0.2, -0.15) is 20.5 Å². The Hall–Kier alpha value is -1.70. The third kappa shape index (κ3) is 9.12. The Morgan fingerprint density at radius 3 is 2.69 bits per heavy atom. The maximum absolute atomic E-state index is 12.5. The predicted octanol–water partition coefficient (Wildman–Crippen LogP) is 3.54. The second-order valence-corrected chi connectivity index (χ2v) is 6.49. The topological polar surface area (TPSA) is 54.9 Å². The second-order valence-electron chi connectivity index (χ2n) is 5.50. The highest BCUT2D eigenvalue weighted by molar-refractivity contribution is 7.98. The minimum absolute atomic E-state index is 0.0503. The lowest BCUT2D eigenvalue weighted by atomic mass is 10.1. The molecule has 2 N–H and O–H groups in total. The largest absolute Gasteiger partial charge is 0.493 e. The SMILES string of the molecule is CCNC(=NCCCCSC)NCCc1ccc(OC)c(OC(F)F)c1. The molecule has 0 atom stereocenters. The first-order chi connectivity index (χ1) is 12.6. The molecule has 0 aromatic heterocycles. The van der Waals surface area contributed by atoms with Gasteiger partial charge in [-0.3, -0.25) is 4.99 Å². The highest BCUT2D eigenvalue weighted by Crippen LogP contribution is 2.29. The lowest BCUT2D eigenvalue weighted by Crippen LogP contribution is -2.38. The van der Waals surface area contributed by atoms with Crippen LogP contribution in [-0.2, 0) is 6.42 Å². The molecule has 0 aliphatic rings. The Labute approximate surface area is 158 Å². The van der Waals surface area contributed by atoms with E-state index >= 15 is 0 Å². The lowest BCUT2D eigenvalue weighted by Gasteiger charge is -2.13. The van der Waals surface area contributed by atoms with Crippen LogP contribution in [0, 0.1) is 0 Å². The van der Waals surface area contributed by atoms with Gasteiger partial charge in [0, 0.05) is 19.6 Å². The van der Waals surface area contributed by atoms with Gasteiger partial charge in [0.05, 0.1) is 7.11 Å². The summed E-state index contributed by atoms with van der Waals surface area (Å²) >= 11 is 1.84. The van der Waals surface area contributed by atoms with Crippen LogP contribution < -0.4 is 20.1 Å². The minimum atomic E-state index is -2.88. The molecule has 1 aromatic carbocycles.